The second-order valence-corrected chi connectivity index (χ2v) is 6.51. The minimum Gasteiger partial charge on any atom is -0.345 e. The summed E-state index contributed by atoms with van der Waals surface area (Å²) >= 11 is 3.43. The smallest absolute Gasteiger partial charge is 0.270 e. The zero-order valence-corrected chi connectivity index (χ0v) is 13.9. The summed E-state index contributed by atoms with van der Waals surface area (Å²) in [6, 6.07) is 2.19. The number of carbonyl (C=O) groups excluding carboxylic acids is 1. The third-order valence-electron chi connectivity index (χ3n) is 4.36. The highest BCUT2D eigenvalue weighted by Crippen LogP contribution is 2.29. The predicted octanol–water partition coefficient (Wildman–Crippen LogP) is 2.77. The molecule has 112 valence electrons. The van der Waals surface area contributed by atoms with Gasteiger partial charge in [-0.25, -0.2) is 0 Å². The molecule has 5 heteroatoms. The topological polar surface area (TPSA) is 51.3 Å². The van der Waals surface area contributed by atoms with E-state index in [2.05, 4.69) is 22.9 Å². The van der Waals surface area contributed by atoms with Gasteiger partial charge in [0, 0.05) is 30.3 Å². The molecule has 0 saturated heterocycles. The van der Waals surface area contributed by atoms with Crippen LogP contribution in [0.3, 0.4) is 0 Å². The molecule has 1 heterocycles. The number of carbonyl (C=O) groups is 1. The molecule has 1 saturated carbocycles. The fourth-order valence-corrected chi connectivity index (χ4v) is 3.81. The van der Waals surface area contributed by atoms with E-state index in [0.717, 1.165) is 29.6 Å². The summed E-state index contributed by atoms with van der Waals surface area (Å²) in [6.07, 6.45) is 6.57. The highest BCUT2D eigenvalue weighted by Gasteiger charge is 2.32. The molecule has 0 bridgehead atoms. The Morgan fingerprint density at radius 2 is 2.20 bits per heavy atom. The SMILES string of the molecule is CCN(C(=O)c1cc(Br)cn1C)C1CCCCC1CN. The van der Waals surface area contributed by atoms with Crippen LogP contribution in [0.2, 0.25) is 0 Å². The normalized spacial score (nSPS) is 22.8. The average Bonchev–Trinajstić information content (AvgIpc) is 2.79. The number of aromatic nitrogens is 1. The van der Waals surface area contributed by atoms with Crippen molar-refractivity contribution in [2.45, 2.75) is 38.6 Å². The van der Waals surface area contributed by atoms with Gasteiger partial charge in [0.25, 0.3) is 5.91 Å². The molecule has 1 aromatic heterocycles. The molecule has 4 nitrogen and oxygen atoms in total. The summed E-state index contributed by atoms with van der Waals surface area (Å²) in [4.78, 5) is 14.8. The molecule has 0 aromatic carbocycles. The maximum absolute atomic E-state index is 12.8. The van der Waals surface area contributed by atoms with Crippen molar-refractivity contribution in [1.29, 1.82) is 0 Å². The minimum atomic E-state index is 0.117. The zero-order chi connectivity index (χ0) is 14.7. The second-order valence-electron chi connectivity index (χ2n) is 5.59. The van der Waals surface area contributed by atoms with Crippen LogP contribution in [0.4, 0.5) is 0 Å². The summed E-state index contributed by atoms with van der Waals surface area (Å²) in [7, 11) is 1.91. The molecular weight excluding hydrogens is 318 g/mol. The van der Waals surface area contributed by atoms with Gasteiger partial charge in [-0.3, -0.25) is 4.79 Å². The van der Waals surface area contributed by atoms with E-state index in [4.69, 9.17) is 5.73 Å². The maximum Gasteiger partial charge on any atom is 0.270 e. The summed E-state index contributed by atoms with van der Waals surface area (Å²) in [6.45, 7) is 3.46. The number of aryl methyl sites for hydroxylation is 1. The molecule has 20 heavy (non-hydrogen) atoms. The largest absolute Gasteiger partial charge is 0.345 e. The molecule has 0 radical (unpaired) electrons. The Morgan fingerprint density at radius 3 is 2.75 bits per heavy atom. The number of hydrogen-bond acceptors (Lipinski definition) is 2. The van der Waals surface area contributed by atoms with E-state index in [1.165, 1.54) is 12.8 Å². The van der Waals surface area contributed by atoms with Crippen LogP contribution in [-0.4, -0.2) is 34.5 Å². The quantitative estimate of drug-likeness (QED) is 0.915. The molecule has 2 unspecified atom stereocenters. The Bertz CT molecular complexity index is 472. The molecule has 2 atom stereocenters. The van der Waals surface area contributed by atoms with Gasteiger partial charge in [0.1, 0.15) is 5.69 Å². The summed E-state index contributed by atoms with van der Waals surface area (Å²) in [5.41, 5.74) is 6.64. The summed E-state index contributed by atoms with van der Waals surface area (Å²) < 4.78 is 2.83. The van der Waals surface area contributed by atoms with Crippen LogP contribution in [0.5, 0.6) is 0 Å². The van der Waals surface area contributed by atoms with Crippen molar-refractivity contribution < 1.29 is 4.79 Å². The summed E-state index contributed by atoms with van der Waals surface area (Å²) in [5.74, 6) is 0.558. The lowest BCUT2D eigenvalue weighted by Gasteiger charge is -2.39. The summed E-state index contributed by atoms with van der Waals surface area (Å²) in [5, 5.41) is 0. The van der Waals surface area contributed by atoms with Gasteiger partial charge in [-0.2, -0.15) is 0 Å². The van der Waals surface area contributed by atoms with Crippen molar-refractivity contribution in [3.05, 3.63) is 22.4 Å². The molecule has 0 aliphatic heterocycles. The van der Waals surface area contributed by atoms with Gasteiger partial charge in [-0.05, 0) is 54.2 Å². The average molecular weight is 342 g/mol. The van der Waals surface area contributed by atoms with Crippen LogP contribution in [-0.2, 0) is 7.05 Å². The van der Waals surface area contributed by atoms with Gasteiger partial charge in [0.2, 0.25) is 0 Å². The van der Waals surface area contributed by atoms with Crippen molar-refractivity contribution in [2.75, 3.05) is 13.1 Å². The lowest BCUT2D eigenvalue weighted by Crippen LogP contribution is -2.48. The third kappa shape index (κ3) is 3.09. The van der Waals surface area contributed by atoms with E-state index in [1.54, 1.807) is 0 Å². The van der Waals surface area contributed by atoms with Crippen LogP contribution in [0.25, 0.3) is 0 Å². The lowest BCUT2D eigenvalue weighted by atomic mass is 9.83. The number of hydrogen-bond donors (Lipinski definition) is 1. The molecule has 1 aliphatic rings. The van der Waals surface area contributed by atoms with Crippen LogP contribution in [0.1, 0.15) is 43.1 Å². The minimum absolute atomic E-state index is 0.117. The molecule has 2 N–H and O–H groups in total. The van der Waals surface area contributed by atoms with E-state index < -0.39 is 0 Å². The van der Waals surface area contributed by atoms with E-state index in [1.807, 2.05) is 28.8 Å². The van der Waals surface area contributed by atoms with E-state index >= 15 is 0 Å². The number of halogens is 1. The second kappa shape index (κ2) is 6.76. The van der Waals surface area contributed by atoms with E-state index in [0.29, 0.717) is 18.5 Å². The van der Waals surface area contributed by atoms with Gasteiger partial charge in [0.15, 0.2) is 0 Å². The fourth-order valence-electron chi connectivity index (χ4n) is 3.29. The van der Waals surface area contributed by atoms with E-state index in [-0.39, 0.29) is 5.91 Å². The molecule has 2 rings (SSSR count). The molecule has 0 spiro atoms. The zero-order valence-electron chi connectivity index (χ0n) is 12.3. The van der Waals surface area contributed by atoms with Crippen LogP contribution in [0.15, 0.2) is 16.7 Å². The monoisotopic (exact) mass is 341 g/mol. The lowest BCUT2D eigenvalue weighted by molar-refractivity contribution is 0.0550. The van der Waals surface area contributed by atoms with Crippen molar-refractivity contribution in [3.8, 4) is 0 Å². The Kier molecular flexibility index (Phi) is 5.27. The Hall–Kier alpha value is -0.810. The molecule has 1 aromatic rings. The van der Waals surface area contributed by atoms with Crippen LogP contribution in [0, 0.1) is 5.92 Å². The first-order chi connectivity index (χ1) is 9.58. The van der Waals surface area contributed by atoms with Crippen molar-refractivity contribution in [3.63, 3.8) is 0 Å². The number of rotatable bonds is 4. The number of nitrogens with zero attached hydrogens (tertiary/aromatic N) is 2. The first kappa shape index (κ1) is 15.6. The standard InChI is InChI=1S/C15H24BrN3O/c1-3-19(13-7-5-4-6-11(13)9-17)15(20)14-8-12(16)10-18(14)2/h8,10-11,13H,3-7,9,17H2,1-2H3. The van der Waals surface area contributed by atoms with Gasteiger partial charge in [0.05, 0.1) is 0 Å². The van der Waals surface area contributed by atoms with Crippen LogP contribution < -0.4 is 5.73 Å². The van der Waals surface area contributed by atoms with Gasteiger partial charge < -0.3 is 15.2 Å². The molecule has 1 fully saturated rings. The first-order valence-electron chi connectivity index (χ1n) is 7.41. The first-order valence-corrected chi connectivity index (χ1v) is 8.20. The predicted molar refractivity (Wildman–Crippen MR) is 84.6 cm³/mol. The van der Waals surface area contributed by atoms with E-state index in [9.17, 15) is 4.79 Å². The van der Waals surface area contributed by atoms with Crippen molar-refractivity contribution in [1.82, 2.24) is 9.47 Å². The molecular formula is C15H24BrN3O. The Labute approximate surface area is 129 Å². The number of amides is 1. The highest BCUT2D eigenvalue weighted by molar-refractivity contribution is 9.10. The number of nitrogens with two attached hydrogens (primary N) is 1. The van der Waals surface area contributed by atoms with Crippen molar-refractivity contribution in [2.24, 2.45) is 18.7 Å². The van der Waals surface area contributed by atoms with Crippen LogP contribution >= 0.6 is 15.9 Å². The fraction of sp³-hybridized carbons (Fsp3) is 0.667. The Balaban J connectivity index is 2.22. The maximum atomic E-state index is 12.8. The van der Waals surface area contributed by atoms with Crippen molar-refractivity contribution >= 4 is 21.8 Å². The van der Waals surface area contributed by atoms with Gasteiger partial charge in [-0.1, -0.05) is 12.8 Å². The molecule has 1 amide bonds. The van der Waals surface area contributed by atoms with Gasteiger partial charge >= 0.3 is 0 Å². The van der Waals surface area contributed by atoms with Gasteiger partial charge in [-0.15, -0.1) is 0 Å². The highest BCUT2D eigenvalue weighted by atomic mass is 79.9. The Morgan fingerprint density at radius 1 is 1.50 bits per heavy atom. The third-order valence-corrected chi connectivity index (χ3v) is 4.80. The molecule has 1 aliphatic carbocycles.